The predicted molar refractivity (Wildman–Crippen MR) is 83.7 cm³/mol. The van der Waals surface area contributed by atoms with Gasteiger partial charge in [0.15, 0.2) is 0 Å². The van der Waals surface area contributed by atoms with Gasteiger partial charge in [-0.1, -0.05) is 36.1 Å². The van der Waals surface area contributed by atoms with E-state index in [0.717, 1.165) is 16.8 Å². The Labute approximate surface area is 125 Å². The van der Waals surface area contributed by atoms with Crippen LogP contribution >= 0.6 is 0 Å². The summed E-state index contributed by atoms with van der Waals surface area (Å²) in [4.78, 5) is 2.05. The van der Waals surface area contributed by atoms with Crippen LogP contribution < -0.4 is 4.90 Å². The third-order valence-corrected chi connectivity index (χ3v) is 3.12. The summed E-state index contributed by atoms with van der Waals surface area (Å²) < 4.78 is 0. The lowest BCUT2D eigenvalue weighted by Crippen LogP contribution is -2.17. The van der Waals surface area contributed by atoms with Crippen LogP contribution in [-0.2, 0) is 6.54 Å². The molecule has 0 aromatic heterocycles. The lowest BCUT2D eigenvalue weighted by Gasteiger charge is -2.20. The van der Waals surface area contributed by atoms with Crippen LogP contribution in [0.5, 0.6) is 0 Å². The fourth-order valence-corrected chi connectivity index (χ4v) is 2.10. The van der Waals surface area contributed by atoms with Gasteiger partial charge in [-0.05, 0) is 29.8 Å². The standard InChI is InChI=1S/C18H16N2O/c1-20(18-7-3-2-6-17(18)13-19)14-16-10-8-15(9-11-16)5-4-12-21/h2-3,6-11,21H,12,14H2,1H3. The molecule has 21 heavy (non-hydrogen) atoms. The van der Waals surface area contributed by atoms with E-state index in [1.807, 2.05) is 60.5 Å². The molecule has 0 heterocycles. The molecular weight excluding hydrogens is 260 g/mol. The van der Waals surface area contributed by atoms with Gasteiger partial charge in [-0.15, -0.1) is 0 Å². The van der Waals surface area contributed by atoms with Crippen LogP contribution in [-0.4, -0.2) is 18.8 Å². The molecule has 2 aromatic rings. The molecule has 0 fully saturated rings. The van der Waals surface area contributed by atoms with Crippen molar-refractivity contribution in [3.8, 4) is 17.9 Å². The first-order chi connectivity index (χ1) is 10.2. The van der Waals surface area contributed by atoms with E-state index in [2.05, 4.69) is 17.9 Å². The third-order valence-electron chi connectivity index (χ3n) is 3.12. The molecule has 1 N–H and O–H groups in total. The summed E-state index contributed by atoms with van der Waals surface area (Å²) in [5.74, 6) is 5.49. The maximum atomic E-state index is 9.14. The van der Waals surface area contributed by atoms with Crippen molar-refractivity contribution in [2.75, 3.05) is 18.6 Å². The van der Waals surface area contributed by atoms with Crippen molar-refractivity contribution in [1.29, 1.82) is 5.26 Å². The number of aliphatic hydroxyl groups is 1. The molecule has 0 aliphatic rings. The molecule has 0 spiro atoms. The molecule has 0 bridgehead atoms. The first-order valence-electron chi connectivity index (χ1n) is 6.63. The highest BCUT2D eigenvalue weighted by atomic mass is 16.2. The van der Waals surface area contributed by atoms with Crippen LogP contribution in [0.15, 0.2) is 48.5 Å². The molecule has 0 aliphatic heterocycles. The van der Waals surface area contributed by atoms with Gasteiger partial charge in [0.25, 0.3) is 0 Å². The van der Waals surface area contributed by atoms with Gasteiger partial charge in [0, 0.05) is 19.2 Å². The Balaban J connectivity index is 2.13. The van der Waals surface area contributed by atoms with Gasteiger partial charge in [-0.25, -0.2) is 0 Å². The molecule has 0 radical (unpaired) electrons. The van der Waals surface area contributed by atoms with E-state index in [1.54, 1.807) is 0 Å². The van der Waals surface area contributed by atoms with Gasteiger partial charge in [0.1, 0.15) is 12.7 Å². The minimum Gasteiger partial charge on any atom is -0.384 e. The Kier molecular flexibility index (Phi) is 4.99. The quantitative estimate of drug-likeness (QED) is 0.876. The van der Waals surface area contributed by atoms with Crippen molar-refractivity contribution in [3.05, 3.63) is 65.2 Å². The number of aliphatic hydroxyl groups excluding tert-OH is 1. The summed E-state index contributed by atoms with van der Waals surface area (Å²) in [7, 11) is 1.97. The molecule has 3 nitrogen and oxygen atoms in total. The predicted octanol–water partition coefficient (Wildman–Crippen LogP) is 2.54. The zero-order valence-electron chi connectivity index (χ0n) is 11.9. The zero-order chi connectivity index (χ0) is 15.1. The minimum atomic E-state index is -0.130. The molecule has 0 atom stereocenters. The van der Waals surface area contributed by atoms with Gasteiger partial charge in [0.2, 0.25) is 0 Å². The highest BCUT2D eigenvalue weighted by molar-refractivity contribution is 5.58. The number of benzene rings is 2. The van der Waals surface area contributed by atoms with Gasteiger partial charge in [-0.2, -0.15) is 5.26 Å². The maximum Gasteiger partial charge on any atom is 0.104 e. The number of rotatable bonds is 3. The van der Waals surface area contributed by atoms with Crippen molar-refractivity contribution in [3.63, 3.8) is 0 Å². The first-order valence-corrected chi connectivity index (χ1v) is 6.63. The van der Waals surface area contributed by atoms with Crippen LogP contribution in [0.3, 0.4) is 0 Å². The summed E-state index contributed by atoms with van der Waals surface area (Å²) in [6.45, 7) is 0.585. The summed E-state index contributed by atoms with van der Waals surface area (Å²) >= 11 is 0. The Hall–Kier alpha value is -2.75. The van der Waals surface area contributed by atoms with Gasteiger partial charge < -0.3 is 10.0 Å². The number of para-hydroxylation sites is 1. The minimum absolute atomic E-state index is 0.130. The van der Waals surface area contributed by atoms with E-state index < -0.39 is 0 Å². The second-order valence-corrected chi connectivity index (χ2v) is 4.64. The Morgan fingerprint density at radius 1 is 1.10 bits per heavy atom. The van der Waals surface area contributed by atoms with Crippen LogP contribution in [0.25, 0.3) is 0 Å². The van der Waals surface area contributed by atoms with E-state index in [1.165, 1.54) is 0 Å². The van der Waals surface area contributed by atoms with Crippen LogP contribution in [0.4, 0.5) is 5.69 Å². The maximum absolute atomic E-state index is 9.14. The summed E-state index contributed by atoms with van der Waals surface area (Å²) in [5, 5.41) is 17.8. The Bertz CT molecular complexity index is 702. The third kappa shape index (κ3) is 3.86. The van der Waals surface area contributed by atoms with Crippen molar-refractivity contribution < 1.29 is 5.11 Å². The molecule has 0 aliphatic carbocycles. The van der Waals surface area contributed by atoms with Crippen molar-refractivity contribution in [2.24, 2.45) is 0 Å². The van der Waals surface area contributed by atoms with Crippen LogP contribution in [0, 0.1) is 23.2 Å². The Morgan fingerprint density at radius 3 is 2.48 bits per heavy atom. The summed E-state index contributed by atoms with van der Waals surface area (Å²) in [6, 6.07) is 17.6. The van der Waals surface area contributed by atoms with Gasteiger partial charge >= 0.3 is 0 Å². The highest BCUT2D eigenvalue weighted by Crippen LogP contribution is 2.20. The van der Waals surface area contributed by atoms with Crippen molar-refractivity contribution >= 4 is 5.69 Å². The average Bonchev–Trinajstić information content (AvgIpc) is 2.54. The van der Waals surface area contributed by atoms with E-state index >= 15 is 0 Å². The number of anilines is 1. The van der Waals surface area contributed by atoms with Gasteiger partial charge in [0.05, 0.1) is 11.3 Å². The molecule has 0 amide bonds. The van der Waals surface area contributed by atoms with E-state index in [-0.39, 0.29) is 6.61 Å². The second kappa shape index (κ2) is 7.14. The van der Waals surface area contributed by atoms with Crippen LogP contribution in [0.2, 0.25) is 0 Å². The molecule has 3 heteroatoms. The van der Waals surface area contributed by atoms with Gasteiger partial charge in [-0.3, -0.25) is 0 Å². The van der Waals surface area contributed by atoms with Crippen molar-refractivity contribution in [1.82, 2.24) is 0 Å². The lowest BCUT2D eigenvalue weighted by molar-refractivity contribution is 0.350. The normalized spacial score (nSPS) is 9.38. The number of nitrogens with zero attached hydrogens (tertiary/aromatic N) is 2. The summed E-state index contributed by atoms with van der Waals surface area (Å²) in [5.41, 5.74) is 3.61. The molecule has 2 aromatic carbocycles. The highest BCUT2D eigenvalue weighted by Gasteiger charge is 2.06. The average molecular weight is 276 g/mol. The van der Waals surface area contributed by atoms with Crippen molar-refractivity contribution in [2.45, 2.75) is 6.54 Å². The molecule has 104 valence electrons. The molecule has 2 rings (SSSR count). The SMILES string of the molecule is CN(Cc1ccc(C#CCO)cc1)c1ccccc1C#N. The molecule has 0 saturated heterocycles. The van der Waals surface area contributed by atoms with E-state index in [9.17, 15) is 0 Å². The second-order valence-electron chi connectivity index (χ2n) is 4.64. The first kappa shape index (κ1) is 14.7. The Morgan fingerprint density at radius 2 is 1.81 bits per heavy atom. The fraction of sp³-hybridized carbons (Fsp3) is 0.167. The molecule has 0 saturated carbocycles. The topological polar surface area (TPSA) is 47.3 Å². The largest absolute Gasteiger partial charge is 0.384 e. The fourth-order valence-electron chi connectivity index (χ4n) is 2.10. The summed E-state index contributed by atoms with van der Waals surface area (Å²) in [6.07, 6.45) is 0. The molecular formula is C18H16N2O. The van der Waals surface area contributed by atoms with E-state index in [0.29, 0.717) is 12.1 Å². The number of nitriles is 1. The lowest BCUT2D eigenvalue weighted by atomic mass is 10.1. The number of hydrogen-bond donors (Lipinski definition) is 1. The zero-order valence-corrected chi connectivity index (χ0v) is 11.9. The monoisotopic (exact) mass is 276 g/mol. The smallest absolute Gasteiger partial charge is 0.104 e. The van der Waals surface area contributed by atoms with Crippen LogP contribution in [0.1, 0.15) is 16.7 Å². The number of hydrogen-bond acceptors (Lipinski definition) is 3. The van der Waals surface area contributed by atoms with E-state index in [4.69, 9.17) is 10.4 Å². The molecule has 0 unspecified atom stereocenters.